The van der Waals surface area contributed by atoms with Crippen molar-refractivity contribution in [2.24, 2.45) is 11.3 Å². The Kier molecular flexibility index (Phi) is 1.26. The molecule has 0 aromatic heterocycles. The van der Waals surface area contributed by atoms with E-state index in [1.165, 1.54) is 12.8 Å². The molecule has 0 amide bonds. The third-order valence-corrected chi connectivity index (χ3v) is 2.66. The zero-order valence-electron chi connectivity index (χ0n) is 5.91. The number of rotatable bonds is 2. The van der Waals surface area contributed by atoms with E-state index in [2.05, 4.69) is 20.8 Å². The van der Waals surface area contributed by atoms with E-state index in [9.17, 15) is 0 Å². The van der Waals surface area contributed by atoms with Crippen LogP contribution in [0.25, 0.3) is 0 Å². The molecular weight excluding hydrogens is 96.1 g/mol. The Labute approximate surface area is 52.3 Å². The van der Waals surface area contributed by atoms with Gasteiger partial charge in [-0.1, -0.05) is 13.8 Å². The molecule has 0 bridgehead atoms. The molecular formula is C8H15+. The van der Waals surface area contributed by atoms with Crippen LogP contribution in [0.3, 0.4) is 0 Å². The van der Waals surface area contributed by atoms with Crippen molar-refractivity contribution in [3.8, 4) is 0 Å². The van der Waals surface area contributed by atoms with Gasteiger partial charge in [0, 0.05) is 5.92 Å². The first-order valence-corrected chi connectivity index (χ1v) is 3.48. The van der Waals surface area contributed by atoms with Gasteiger partial charge >= 0.3 is 0 Å². The first-order valence-electron chi connectivity index (χ1n) is 3.48. The minimum Gasteiger partial charge on any atom is -0.0592 e. The lowest BCUT2D eigenvalue weighted by molar-refractivity contribution is 0.367. The SMILES string of the molecule is [CH2+]CC(C)C1(C)CC1. The van der Waals surface area contributed by atoms with E-state index in [1.807, 2.05) is 0 Å². The zero-order valence-corrected chi connectivity index (χ0v) is 5.91. The topological polar surface area (TPSA) is 0 Å². The molecule has 8 heavy (non-hydrogen) atoms. The Bertz CT molecular complexity index is 80.0. The smallest absolute Gasteiger partial charge is 0.0592 e. The van der Waals surface area contributed by atoms with Crippen LogP contribution in [0.1, 0.15) is 33.1 Å². The van der Waals surface area contributed by atoms with Crippen LogP contribution in [-0.4, -0.2) is 0 Å². The second kappa shape index (κ2) is 1.68. The van der Waals surface area contributed by atoms with Gasteiger partial charge in [-0.25, -0.2) is 0 Å². The van der Waals surface area contributed by atoms with Crippen LogP contribution < -0.4 is 0 Å². The van der Waals surface area contributed by atoms with Crippen LogP contribution >= 0.6 is 0 Å². The normalized spacial score (nSPS) is 27.2. The summed E-state index contributed by atoms with van der Waals surface area (Å²) in [7, 11) is 0. The molecule has 1 atom stereocenters. The minimum absolute atomic E-state index is 0.696. The lowest BCUT2D eigenvalue weighted by Crippen LogP contribution is -2.05. The molecule has 1 aliphatic rings. The molecule has 0 radical (unpaired) electrons. The van der Waals surface area contributed by atoms with Gasteiger partial charge in [0.05, 0.1) is 13.3 Å². The fourth-order valence-corrected chi connectivity index (χ4v) is 1.04. The average Bonchev–Trinajstić information content (AvgIpc) is 2.47. The third-order valence-electron chi connectivity index (χ3n) is 2.66. The minimum atomic E-state index is 0.696. The molecule has 46 valence electrons. The predicted octanol–water partition coefficient (Wildman–Crippen LogP) is 2.65. The summed E-state index contributed by atoms with van der Waals surface area (Å²) in [6, 6.07) is 0. The van der Waals surface area contributed by atoms with E-state index in [4.69, 9.17) is 0 Å². The molecule has 0 aromatic rings. The van der Waals surface area contributed by atoms with Crippen molar-refractivity contribution in [3.05, 3.63) is 6.92 Å². The van der Waals surface area contributed by atoms with E-state index < -0.39 is 0 Å². The van der Waals surface area contributed by atoms with Crippen molar-refractivity contribution in [1.29, 1.82) is 0 Å². The van der Waals surface area contributed by atoms with Crippen molar-refractivity contribution in [2.75, 3.05) is 0 Å². The van der Waals surface area contributed by atoms with Crippen LogP contribution in [0.5, 0.6) is 0 Å². The first kappa shape index (κ1) is 6.00. The summed E-state index contributed by atoms with van der Waals surface area (Å²) in [6.45, 7) is 8.56. The summed E-state index contributed by atoms with van der Waals surface area (Å²) in [6.07, 6.45) is 3.98. The van der Waals surface area contributed by atoms with Crippen LogP contribution in [0.4, 0.5) is 0 Å². The van der Waals surface area contributed by atoms with Crippen molar-refractivity contribution >= 4 is 0 Å². The molecule has 0 spiro atoms. The van der Waals surface area contributed by atoms with Gasteiger partial charge in [-0.2, -0.15) is 0 Å². The van der Waals surface area contributed by atoms with Crippen molar-refractivity contribution in [1.82, 2.24) is 0 Å². The van der Waals surface area contributed by atoms with Crippen molar-refractivity contribution < 1.29 is 0 Å². The van der Waals surface area contributed by atoms with E-state index in [-0.39, 0.29) is 0 Å². The van der Waals surface area contributed by atoms with E-state index >= 15 is 0 Å². The third kappa shape index (κ3) is 0.841. The molecule has 0 aliphatic heterocycles. The van der Waals surface area contributed by atoms with E-state index in [1.54, 1.807) is 0 Å². The van der Waals surface area contributed by atoms with Crippen LogP contribution in [0.2, 0.25) is 0 Å². The zero-order chi connectivity index (χ0) is 6.20. The average molecular weight is 111 g/mol. The molecule has 0 saturated heterocycles. The second-order valence-electron chi connectivity index (χ2n) is 3.34. The van der Waals surface area contributed by atoms with Gasteiger partial charge in [0.2, 0.25) is 0 Å². The van der Waals surface area contributed by atoms with Crippen molar-refractivity contribution in [2.45, 2.75) is 33.1 Å². The largest absolute Gasteiger partial charge is 0.0881 e. The lowest BCUT2D eigenvalue weighted by atomic mass is 9.91. The summed E-state index contributed by atoms with van der Waals surface area (Å²) in [5, 5.41) is 0. The fourth-order valence-electron chi connectivity index (χ4n) is 1.04. The van der Waals surface area contributed by atoms with E-state index in [0.717, 1.165) is 12.3 Å². The lowest BCUT2D eigenvalue weighted by Gasteiger charge is -2.11. The fraction of sp³-hybridized carbons (Fsp3) is 0.875. The maximum atomic E-state index is 3.89. The van der Waals surface area contributed by atoms with Crippen LogP contribution in [0.15, 0.2) is 0 Å². The Morgan fingerprint density at radius 3 is 2.25 bits per heavy atom. The van der Waals surface area contributed by atoms with Gasteiger partial charge < -0.3 is 0 Å². The summed E-state index contributed by atoms with van der Waals surface area (Å²) in [5.74, 6) is 0.850. The highest BCUT2D eigenvalue weighted by Gasteiger charge is 2.42. The van der Waals surface area contributed by atoms with Crippen LogP contribution in [0, 0.1) is 18.3 Å². The second-order valence-corrected chi connectivity index (χ2v) is 3.34. The molecule has 1 aliphatic carbocycles. The van der Waals surface area contributed by atoms with Gasteiger partial charge in [0.15, 0.2) is 0 Å². The maximum absolute atomic E-state index is 3.89. The van der Waals surface area contributed by atoms with Gasteiger partial charge in [-0.05, 0) is 18.3 Å². The molecule has 1 rings (SSSR count). The van der Waals surface area contributed by atoms with E-state index in [0.29, 0.717) is 5.41 Å². The molecule has 1 saturated carbocycles. The summed E-state index contributed by atoms with van der Waals surface area (Å²) < 4.78 is 0. The monoisotopic (exact) mass is 111 g/mol. The molecule has 0 heteroatoms. The Morgan fingerprint density at radius 2 is 2.12 bits per heavy atom. The highest BCUT2D eigenvalue weighted by atomic mass is 14.5. The quantitative estimate of drug-likeness (QED) is 0.480. The summed E-state index contributed by atoms with van der Waals surface area (Å²) in [5.41, 5.74) is 0.696. The Balaban J connectivity index is 2.34. The standard InChI is InChI=1S/C8H15/c1-4-7(2)8(3)5-6-8/h7H,1,4-6H2,2-3H3/q+1. The maximum Gasteiger partial charge on any atom is 0.0881 e. The van der Waals surface area contributed by atoms with Crippen LogP contribution in [-0.2, 0) is 0 Å². The molecule has 0 aromatic carbocycles. The summed E-state index contributed by atoms with van der Waals surface area (Å²) >= 11 is 0. The highest BCUT2D eigenvalue weighted by molar-refractivity contribution is 4.92. The predicted molar refractivity (Wildman–Crippen MR) is 36.5 cm³/mol. The molecule has 0 nitrogen and oxygen atoms in total. The molecule has 1 unspecified atom stereocenters. The molecule has 1 fully saturated rings. The van der Waals surface area contributed by atoms with Gasteiger partial charge in [-0.3, -0.25) is 0 Å². The first-order chi connectivity index (χ1) is 3.69. The molecule has 0 heterocycles. The van der Waals surface area contributed by atoms with Gasteiger partial charge in [0.1, 0.15) is 0 Å². The number of hydrogen-bond acceptors (Lipinski definition) is 0. The highest BCUT2D eigenvalue weighted by Crippen LogP contribution is 2.52. The number of hydrogen-bond donors (Lipinski definition) is 0. The van der Waals surface area contributed by atoms with Gasteiger partial charge in [-0.15, -0.1) is 0 Å². The van der Waals surface area contributed by atoms with Gasteiger partial charge in [0.25, 0.3) is 0 Å². The molecule has 0 N–H and O–H groups in total. The summed E-state index contributed by atoms with van der Waals surface area (Å²) in [4.78, 5) is 0. The Hall–Kier alpha value is -0.130. The Morgan fingerprint density at radius 1 is 1.62 bits per heavy atom. The van der Waals surface area contributed by atoms with Crippen molar-refractivity contribution in [3.63, 3.8) is 0 Å².